The molecule has 2 saturated heterocycles. The number of piperidine rings is 1. The normalized spacial score (nSPS) is 32.4. The Bertz CT molecular complexity index is 364. The van der Waals surface area contributed by atoms with Crippen LogP contribution in [-0.2, 0) is 4.79 Å². The number of halogens is 1. The van der Waals surface area contributed by atoms with E-state index in [1.165, 1.54) is 44.9 Å². The zero-order chi connectivity index (χ0) is 14.7. The molecule has 2 aliphatic heterocycles. The van der Waals surface area contributed by atoms with Crippen LogP contribution < -0.4 is 5.32 Å². The molecule has 3 aliphatic rings. The van der Waals surface area contributed by atoms with Crippen molar-refractivity contribution in [3.63, 3.8) is 0 Å². The molecule has 3 atom stereocenters. The monoisotopic (exact) mass is 329 g/mol. The summed E-state index contributed by atoms with van der Waals surface area (Å²) in [5.74, 6) is 1.93. The highest BCUT2D eigenvalue weighted by molar-refractivity contribution is 5.85. The summed E-state index contributed by atoms with van der Waals surface area (Å²) in [6.07, 6.45) is 9.10. The van der Waals surface area contributed by atoms with E-state index < -0.39 is 0 Å². The standard InChI is InChI=1S/C17H31N3O.ClH/c1-18-11-14-8-10-19(12-14)13-17(21)20-9-4-6-15-5-2-3-7-16(15)20;/h14-16,18H,2-13H2,1H3;1H. The van der Waals surface area contributed by atoms with Gasteiger partial charge in [-0.25, -0.2) is 0 Å². The molecule has 1 N–H and O–H groups in total. The van der Waals surface area contributed by atoms with Gasteiger partial charge in [0, 0.05) is 19.1 Å². The molecule has 1 aliphatic carbocycles. The van der Waals surface area contributed by atoms with Gasteiger partial charge in [-0.2, -0.15) is 0 Å². The molecule has 128 valence electrons. The molecule has 0 aromatic carbocycles. The summed E-state index contributed by atoms with van der Waals surface area (Å²) >= 11 is 0. The maximum Gasteiger partial charge on any atom is 0.237 e. The Balaban J connectivity index is 0.00000176. The van der Waals surface area contributed by atoms with Crippen LogP contribution >= 0.6 is 12.4 Å². The van der Waals surface area contributed by atoms with Crippen LogP contribution in [0.1, 0.15) is 44.9 Å². The maximum atomic E-state index is 12.7. The lowest BCUT2D eigenvalue weighted by Crippen LogP contribution is -2.52. The van der Waals surface area contributed by atoms with Crippen LogP contribution in [0.2, 0.25) is 0 Å². The number of fused-ring (bicyclic) bond motifs is 1. The van der Waals surface area contributed by atoms with E-state index in [0.29, 0.717) is 18.5 Å². The molecular formula is C17H32ClN3O. The van der Waals surface area contributed by atoms with E-state index in [9.17, 15) is 4.79 Å². The van der Waals surface area contributed by atoms with Gasteiger partial charge in [-0.05, 0) is 64.1 Å². The van der Waals surface area contributed by atoms with Crippen molar-refractivity contribution < 1.29 is 4.79 Å². The van der Waals surface area contributed by atoms with Crippen molar-refractivity contribution in [1.82, 2.24) is 15.1 Å². The lowest BCUT2D eigenvalue weighted by Gasteiger charge is -2.44. The van der Waals surface area contributed by atoms with Gasteiger partial charge >= 0.3 is 0 Å². The van der Waals surface area contributed by atoms with Gasteiger partial charge in [-0.1, -0.05) is 12.8 Å². The molecular weight excluding hydrogens is 298 g/mol. The highest BCUT2D eigenvalue weighted by Crippen LogP contribution is 2.35. The first-order valence-electron chi connectivity index (χ1n) is 8.94. The van der Waals surface area contributed by atoms with E-state index in [1.54, 1.807) is 0 Å². The highest BCUT2D eigenvalue weighted by Gasteiger charge is 2.36. The molecule has 1 amide bonds. The van der Waals surface area contributed by atoms with Crippen molar-refractivity contribution in [1.29, 1.82) is 0 Å². The van der Waals surface area contributed by atoms with Gasteiger partial charge in [-0.15, -0.1) is 12.4 Å². The van der Waals surface area contributed by atoms with E-state index in [-0.39, 0.29) is 12.4 Å². The van der Waals surface area contributed by atoms with E-state index in [4.69, 9.17) is 0 Å². The van der Waals surface area contributed by atoms with E-state index in [0.717, 1.165) is 38.0 Å². The Kier molecular flexibility index (Phi) is 6.97. The molecule has 1 saturated carbocycles. The molecule has 22 heavy (non-hydrogen) atoms. The number of carbonyl (C=O) groups excluding carboxylic acids is 1. The molecule has 0 spiro atoms. The number of carbonyl (C=O) groups is 1. The Morgan fingerprint density at radius 3 is 2.68 bits per heavy atom. The number of hydrogen-bond acceptors (Lipinski definition) is 3. The zero-order valence-electron chi connectivity index (χ0n) is 13.9. The van der Waals surface area contributed by atoms with Gasteiger partial charge < -0.3 is 10.2 Å². The second-order valence-corrected chi connectivity index (χ2v) is 7.29. The van der Waals surface area contributed by atoms with Crippen molar-refractivity contribution in [3.8, 4) is 0 Å². The first kappa shape index (κ1) is 18.0. The van der Waals surface area contributed by atoms with Crippen LogP contribution in [0.4, 0.5) is 0 Å². The van der Waals surface area contributed by atoms with E-state index >= 15 is 0 Å². The highest BCUT2D eigenvalue weighted by atomic mass is 35.5. The average Bonchev–Trinajstić information content (AvgIpc) is 2.94. The summed E-state index contributed by atoms with van der Waals surface area (Å²) in [5, 5.41) is 3.26. The molecule has 2 heterocycles. The lowest BCUT2D eigenvalue weighted by molar-refractivity contribution is -0.138. The Morgan fingerprint density at radius 2 is 1.86 bits per heavy atom. The number of nitrogens with zero attached hydrogens (tertiary/aromatic N) is 2. The predicted molar refractivity (Wildman–Crippen MR) is 92.4 cm³/mol. The largest absolute Gasteiger partial charge is 0.338 e. The van der Waals surface area contributed by atoms with Crippen LogP contribution in [-0.4, -0.2) is 61.5 Å². The maximum absolute atomic E-state index is 12.7. The van der Waals surface area contributed by atoms with Gasteiger partial charge in [0.05, 0.1) is 6.54 Å². The van der Waals surface area contributed by atoms with Crippen LogP contribution in [0.5, 0.6) is 0 Å². The molecule has 3 unspecified atom stereocenters. The van der Waals surface area contributed by atoms with Crippen molar-refractivity contribution in [2.45, 2.75) is 51.0 Å². The van der Waals surface area contributed by atoms with Gasteiger partial charge in [0.25, 0.3) is 0 Å². The fourth-order valence-corrected chi connectivity index (χ4v) is 4.73. The SMILES string of the molecule is CNCC1CCN(CC(=O)N2CCCC3CCCCC32)C1.Cl. The van der Waals surface area contributed by atoms with Crippen molar-refractivity contribution in [2.75, 3.05) is 39.8 Å². The number of rotatable bonds is 4. The second kappa shape index (κ2) is 8.51. The van der Waals surface area contributed by atoms with Crippen LogP contribution in [0, 0.1) is 11.8 Å². The molecule has 3 fully saturated rings. The molecule has 0 aromatic rings. The summed E-state index contributed by atoms with van der Waals surface area (Å²) in [4.78, 5) is 17.4. The first-order chi connectivity index (χ1) is 10.3. The fraction of sp³-hybridized carbons (Fsp3) is 0.941. The third-order valence-electron chi connectivity index (χ3n) is 5.79. The average molecular weight is 330 g/mol. The molecule has 0 radical (unpaired) electrons. The summed E-state index contributed by atoms with van der Waals surface area (Å²) in [6.45, 7) is 4.94. The summed E-state index contributed by atoms with van der Waals surface area (Å²) in [6, 6.07) is 0.565. The minimum Gasteiger partial charge on any atom is -0.338 e. The zero-order valence-corrected chi connectivity index (χ0v) is 14.7. The quantitative estimate of drug-likeness (QED) is 0.858. The van der Waals surface area contributed by atoms with Gasteiger partial charge in [-0.3, -0.25) is 9.69 Å². The van der Waals surface area contributed by atoms with Crippen molar-refractivity contribution in [2.24, 2.45) is 11.8 Å². The smallest absolute Gasteiger partial charge is 0.237 e. The number of hydrogen-bond donors (Lipinski definition) is 1. The Morgan fingerprint density at radius 1 is 1.09 bits per heavy atom. The molecule has 3 rings (SSSR count). The van der Waals surface area contributed by atoms with Crippen LogP contribution in [0.15, 0.2) is 0 Å². The first-order valence-corrected chi connectivity index (χ1v) is 8.94. The minimum absolute atomic E-state index is 0. The Labute approximate surface area is 141 Å². The molecule has 5 heteroatoms. The van der Waals surface area contributed by atoms with Gasteiger partial charge in [0.2, 0.25) is 5.91 Å². The number of nitrogens with one attached hydrogen (secondary N) is 1. The second-order valence-electron chi connectivity index (χ2n) is 7.29. The van der Waals surface area contributed by atoms with Gasteiger partial charge in [0.15, 0.2) is 0 Å². The lowest BCUT2D eigenvalue weighted by atomic mass is 9.78. The van der Waals surface area contributed by atoms with Gasteiger partial charge in [0.1, 0.15) is 0 Å². The molecule has 4 nitrogen and oxygen atoms in total. The molecule has 0 bridgehead atoms. The fourth-order valence-electron chi connectivity index (χ4n) is 4.73. The molecule has 0 aromatic heterocycles. The number of likely N-dealkylation sites (tertiary alicyclic amines) is 2. The van der Waals surface area contributed by atoms with Crippen LogP contribution in [0.25, 0.3) is 0 Å². The summed E-state index contributed by atoms with van der Waals surface area (Å²) in [5.41, 5.74) is 0. The third kappa shape index (κ3) is 4.15. The Hall–Kier alpha value is -0.320. The third-order valence-corrected chi connectivity index (χ3v) is 5.79. The summed E-state index contributed by atoms with van der Waals surface area (Å²) in [7, 11) is 2.02. The van der Waals surface area contributed by atoms with Crippen LogP contribution in [0.3, 0.4) is 0 Å². The van der Waals surface area contributed by atoms with Crippen molar-refractivity contribution >= 4 is 18.3 Å². The summed E-state index contributed by atoms with van der Waals surface area (Å²) < 4.78 is 0. The van der Waals surface area contributed by atoms with E-state index in [2.05, 4.69) is 15.1 Å². The van der Waals surface area contributed by atoms with Crippen molar-refractivity contribution in [3.05, 3.63) is 0 Å². The predicted octanol–water partition coefficient (Wildman–Crippen LogP) is 2.13. The topological polar surface area (TPSA) is 35.6 Å². The number of amides is 1. The van der Waals surface area contributed by atoms with E-state index in [1.807, 2.05) is 7.05 Å². The minimum atomic E-state index is 0.